The van der Waals surface area contributed by atoms with Gasteiger partial charge in [-0.2, -0.15) is 18.2 Å². The Hall–Kier alpha value is -5.19. The third-order valence-corrected chi connectivity index (χ3v) is 10.4. The maximum atomic E-state index is 13.9. The van der Waals surface area contributed by atoms with Crippen LogP contribution in [0.1, 0.15) is 41.1 Å². The van der Waals surface area contributed by atoms with Crippen LogP contribution >= 0.6 is 30.9 Å². The first-order valence-electron chi connectivity index (χ1n) is 16.6. The number of nitro groups is 1. The molecule has 4 rings (SSSR count). The van der Waals surface area contributed by atoms with E-state index in [4.69, 9.17) is 37.9 Å². The van der Waals surface area contributed by atoms with Crippen molar-refractivity contribution in [1.29, 1.82) is 0 Å². The molecule has 1 aromatic carbocycles. The number of carbonyl (C=O) groups excluding carboxylic acids is 2. The van der Waals surface area contributed by atoms with E-state index in [1.807, 2.05) is 0 Å². The van der Waals surface area contributed by atoms with Gasteiger partial charge in [-0.05, 0) is 49.6 Å². The standard InChI is InChI=1S/C31H34Cl2F3N10O10P/c32-10-13-44(14-11-33)57(54,55-17-21-8-9-23(56-21)46(52)53)39-12-2-1-3-22(28(49)50)41-26(47)18-4-6-20(7-5-18)45(29(51)31(34,35)36)16-19-15-38-25-24(40-19)27(48)43-30(37)42-25/h4-9,15,22H,1-3,10-14,16-17H2,(H,39,54)(H,41,47)(H,49,50)(H3,37,38,42,43,48)/t22-,57?/m1/s1. The summed E-state index contributed by atoms with van der Waals surface area (Å²) >= 11 is 11.8. The molecule has 1 unspecified atom stereocenters. The number of fused-ring (bicyclic) bond motifs is 1. The van der Waals surface area contributed by atoms with Crippen molar-refractivity contribution in [2.45, 2.75) is 44.6 Å². The van der Waals surface area contributed by atoms with Crippen LogP contribution in [0, 0.1) is 10.1 Å². The number of rotatable bonds is 21. The van der Waals surface area contributed by atoms with Crippen LogP contribution < -0.4 is 26.6 Å². The van der Waals surface area contributed by atoms with Crippen molar-refractivity contribution in [2.24, 2.45) is 0 Å². The van der Waals surface area contributed by atoms with Crippen molar-refractivity contribution in [3.8, 4) is 0 Å². The maximum Gasteiger partial charge on any atom is 0.471 e. The minimum Gasteiger partial charge on any atom is -0.480 e. The van der Waals surface area contributed by atoms with Gasteiger partial charge in [-0.25, -0.2) is 24.5 Å². The van der Waals surface area contributed by atoms with Gasteiger partial charge >= 0.3 is 31.6 Å². The number of unbranched alkanes of at least 4 members (excludes halogenated alkanes) is 1. The molecular formula is C31H34Cl2F3N10O10P. The second-order valence-electron chi connectivity index (χ2n) is 11.8. The molecule has 2 amide bonds. The van der Waals surface area contributed by atoms with Gasteiger partial charge in [-0.1, -0.05) is 0 Å². The normalized spacial score (nSPS) is 13.3. The van der Waals surface area contributed by atoms with E-state index in [-0.39, 0.29) is 90.5 Å². The van der Waals surface area contributed by atoms with Gasteiger partial charge in [0.2, 0.25) is 5.95 Å². The lowest BCUT2D eigenvalue weighted by Gasteiger charge is -2.30. The first-order valence-corrected chi connectivity index (χ1v) is 19.2. The molecule has 20 nitrogen and oxygen atoms in total. The lowest BCUT2D eigenvalue weighted by atomic mass is 10.1. The molecule has 0 spiro atoms. The summed E-state index contributed by atoms with van der Waals surface area (Å²) < 4.78 is 66.8. The topological polar surface area (TPSA) is 282 Å². The molecule has 26 heteroatoms. The lowest BCUT2D eigenvalue weighted by Crippen LogP contribution is -2.41. The average molecular weight is 866 g/mol. The zero-order chi connectivity index (χ0) is 41.9. The molecule has 0 aliphatic heterocycles. The van der Waals surface area contributed by atoms with Crippen LogP contribution in [0.2, 0.25) is 0 Å². The predicted molar refractivity (Wildman–Crippen MR) is 198 cm³/mol. The van der Waals surface area contributed by atoms with Crippen molar-refractivity contribution < 1.29 is 51.1 Å². The van der Waals surface area contributed by atoms with Crippen LogP contribution in [0.3, 0.4) is 0 Å². The number of halogens is 5. The Bertz CT molecular complexity index is 2170. The lowest BCUT2D eigenvalue weighted by molar-refractivity contribution is -0.402. The number of furan rings is 1. The SMILES string of the molecule is Nc1nc2ncc(CN(C(=O)C(F)(F)F)c3ccc(C(=O)N[C@H](CCCCNP(=O)(OCc4ccc([N+](=O)[O-])o4)N(CCCl)CCCl)C(=O)O)cc3)nc2c(=O)[nH]1. The second kappa shape index (κ2) is 19.8. The zero-order valence-corrected chi connectivity index (χ0v) is 31.8. The number of aliphatic carboxylic acids is 1. The molecule has 3 aromatic heterocycles. The summed E-state index contributed by atoms with van der Waals surface area (Å²) in [6.45, 7) is -0.979. The number of carboxylic acids is 1. The molecule has 0 radical (unpaired) electrons. The fraction of sp³-hybridized carbons (Fsp3) is 0.387. The molecule has 0 saturated heterocycles. The number of hydrogen-bond acceptors (Lipinski definition) is 13. The summed E-state index contributed by atoms with van der Waals surface area (Å²) in [4.78, 5) is 74.0. The van der Waals surface area contributed by atoms with E-state index in [2.05, 4.69) is 30.3 Å². The molecule has 0 aliphatic rings. The fourth-order valence-electron chi connectivity index (χ4n) is 5.12. The molecule has 3 heterocycles. The smallest absolute Gasteiger partial charge is 0.471 e. The summed E-state index contributed by atoms with van der Waals surface area (Å²) in [7, 11) is -3.86. The third-order valence-electron chi connectivity index (χ3n) is 7.84. The summed E-state index contributed by atoms with van der Waals surface area (Å²) in [5, 5.41) is 25.9. The number of nitrogens with two attached hydrogens (primary N) is 1. The van der Waals surface area contributed by atoms with Gasteiger partial charge in [-0.15, -0.1) is 23.2 Å². The number of carboxylic acid groups (broad SMARTS) is 1. The molecule has 57 heavy (non-hydrogen) atoms. The minimum absolute atomic E-state index is 0.0261. The molecule has 2 atom stereocenters. The van der Waals surface area contributed by atoms with E-state index >= 15 is 0 Å². The molecule has 6 N–H and O–H groups in total. The number of alkyl halides is 5. The van der Waals surface area contributed by atoms with E-state index in [1.165, 1.54) is 10.7 Å². The Morgan fingerprint density at radius 3 is 2.39 bits per heavy atom. The van der Waals surface area contributed by atoms with Crippen molar-refractivity contribution >= 4 is 77.3 Å². The summed E-state index contributed by atoms with van der Waals surface area (Å²) in [6, 6.07) is 5.22. The summed E-state index contributed by atoms with van der Waals surface area (Å²) in [5.41, 5.74) is 3.48. The number of anilines is 2. The van der Waals surface area contributed by atoms with E-state index in [0.29, 0.717) is 4.90 Å². The number of aromatic amines is 1. The van der Waals surface area contributed by atoms with E-state index in [9.17, 15) is 52.1 Å². The number of hydrogen-bond donors (Lipinski definition) is 5. The highest BCUT2D eigenvalue weighted by Crippen LogP contribution is 2.47. The maximum absolute atomic E-state index is 13.9. The number of aromatic nitrogens is 4. The van der Waals surface area contributed by atoms with Gasteiger partial charge in [-0.3, -0.25) is 43.5 Å². The quantitative estimate of drug-likeness (QED) is 0.0261. The predicted octanol–water partition coefficient (Wildman–Crippen LogP) is 3.94. The Morgan fingerprint density at radius 2 is 1.79 bits per heavy atom. The Balaban J connectivity index is 1.39. The highest BCUT2D eigenvalue weighted by molar-refractivity contribution is 7.54. The second-order valence-corrected chi connectivity index (χ2v) is 14.7. The van der Waals surface area contributed by atoms with Crippen LogP contribution in [-0.2, 0) is 31.8 Å². The van der Waals surface area contributed by atoms with Crippen molar-refractivity contribution in [3.05, 3.63) is 80.1 Å². The van der Waals surface area contributed by atoms with Crippen LogP contribution in [0.4, 0.5) is 30.7 Å². The molecular weight excluding hydrogens is 831 g/mol. The summed E-state index contributed by atoms with van der Waals surface area (Å²) in [6.07, 6.45) is -4.01. The molecule has 308 valence electrons. The van der Waals surface area contributed by atoms with Gasteiger partial charge in [0.05, 0.1) is 24.5 Å². The number of benzene rings is 1. The monoisotopic (exact) mass is 864 g/mol. The largest absolute Gasteiger partial charge is 0.480 e. The minimum atomic E-state index is -5.33. The molecule has 0 aliphatic carbocycles. The number of nitrogens with one attached hydrogen (secondary N) is 3. The van der Waals surface area contributed by atoms with Crippen molar-refractivity contribution in [1.82, 2.24) is 35.0 Å². The van der Waals surface area contributed by atoms with Crippen LogP contribution in [0.15, 0.2) is 51.8 Å². The molecule has 4 aromatic rings. The zero-order valence-electron chi connectivity index (χ0n) is 29.4. The fourth-order valence-corrected chi connectivity index (χ4v) is 7.69. The van der Waals surface area contributed by atoms with Crippen molar-refractivity contribution in [3.63, 3.8) is 0 Å². The van der Waals surface area contributed by atoms with Gasteiger partial charge < -0.3 is 20.6 Å². The van der Waals surface area contributed by atoms with E-state index < -0.39 is 67.2 Å². The number of amides is 2. The third kappa shape index (κ3) is 12.2. The number of carbonyl (C=O) groups is 3. The highest BCUT2D eigenvalue weighted by atomic mass is 35.5. The van der Waals surface area contributed by atoms with Gasteiger partial charge in [0.25, 0.3) is 11.5 Å². The van der Waals surface area contributed by atoms with E-state index in [1.54, 1.807) is 0 Å². The highest BCUT2D eigenvalue weighted by Gasteiger charge is 2.43. The van der Waals surface area contributed by atoms with Gasteiger partial charge in [0, 0.05) is 42.6 Å². The van der Waals surface area contributed by atoms with Crippen molar-refractivity contribution in [2.75, 3.05) is 42.0 Å². The number of nitrogens with zero attached hydrogens (tertiary/aromatic N) is 6. The van der Waals surface area contributed by atoms with Crippen LogP contribution in [-0.4, -0.2) is 96.0 Å². The Labute approximate surface area is 329 Å². The number of nitrogen functional groups attached to an aromatic ring is 1. The van der Waals surface area contributed by atoms with Crippen LogP contribution in [0.25, 0.3) is 11.2 Å². The molecule has 0 bridgehead atoms. The molecule has 0 fully saturated rings. The van der Waals surface area contributed by atoms with E-state index in [0.717, 1.165) is 36.5 Å². The first kappa shape index (κ1) is 44.5. The Kier molecular flexibility index (Phi) is 15.5. The van der Waals surface area contributed by atoms with Gasteiger partial charge in [0.15, 0.2) is 11.2 Å². The summed E-state index contributed by atoms with van der Waals surface area (Å²) in [5.74, 6) is -5.22. The number of H-pyrrole nitrogens is 1. The van der Waals surface area contributed by atoms with Gasteiger partial charge in [0.1, 0.15) is 23.3 Å². The Morgan fingerprint density at radius 1 is 1.11 bits per heavy atom. The average Bonchev–Trinajstić information content (AvgIpc) is 3.65. The first-order chi connectivity index (χ1) is 26.9. The van der Waals surface area contributed by atoms with Crippen LogP contribution in [0.5, 0.6) is 0 Å². The molecule has 0 saturated carbocycles.